The normalized spacial score (nSPS) is 17.7. The molecular weight excluding hydrogens is 492 g/mol. The second-order valence-electron chi connectivity index (χ2n) is 9.47. The first-order valence-corrected chi connectivity index (χ1v) is 12.8. The molecule has 8 nitrogen and oxygen atoms in total. The number of hydrogen-bond acceptors (Lipinski definition) is 5. The summed E-state index contributed by atoms with van der Waals surface area (Å²) < 4.78 is 5.98. The summed E-state index contributed by atoms with van der Waals surface area (Å²) in [5.74, 6) is -0.317. The fourth-order valence-electron chi connectivity index (χ4n) is 4.18. The van der Waals surface area contributed by atoms with Gasteiger partial charge >= 0.3 is 0 Å². The van der Waals surface area contributed by atoms with E-state index in [-0.39, 0.29) is 42.8 Å². The van der Waals surface area contributed by atoms with E-state index in [9.17, 15) is 14.4 Å². The van der Waals surface area contributed by atoms with E-state index in [0.717, 1.165) is 10.9 Å². The summed E-state index contributed by atoms with van der Waals surface area (Å²) in [7, 11) is 0. The standard InChI is InChI=1S/C28H31ClN4O4/c1-18(2)24-17-37-25-10-8-21(29)15-22(25)27(35)31-11-3-4-13-33(16-26(34)32-24)28(36)20-7-9-23-19(14-20)6-5-12-30-23/h5-10,12,14-15,18,24H,3-4,11,13,16-17H2,1-2H3,(H,31,35)(H,32,34)/t24-/m1/s1. The number of hydrogen-bond donors (Lipinski definition) is 2. The molecule has 3 aromatic rings. The lowest BCUT2D eigenvalue weighted by atomic mass is 10.1. The largest absolute Gasteiger partial charge is 0.491 e. The van der Waals surface area contributed by atoms with Crippen LogP contribution in [0, 0.1) is 5.92 Å². The Morgan fingerprint density at radius 3 is 2.78 bits per heavy atom. The fraction of sp³-hybridized carbons (Fsp3) is 0.357. The van der Waals surface area contributed by atoms with Crippen LogP contribution in [0.3, 0.4) is 0 Å². The van der Waals surface area contributed by atoms with Crippen LogP contribution in [0.2, 0.25) is 5.02 Å². The molecule has 2 N–H and O–H groups in total. The molecule has 37 heavy (non-hydrogen) atoms. The van der Waals surface area contributed by atoms with Gasteiger partial charge in [0.15, 0.2) is 0 Å². The van der Waals surface area contributed by atoms with Crippen LogP contribution in [0.15, 0.2) is 54.7 Å². The van der Waals surface area contributed by atoms with E-state index in [4.69, 9.17) is 16.3 Å². The molecule has 0 spiro atoms. The molecule has 2 heterocycles. The summed E-state index contributed by atoms with van der Waals surface area (Å²) in [5, 5.41) is 7.20. The van der Waals surface area contributed by atoms with Gasteiger partial charge in [-0.3, -0.25) is 19.4 Å². The van der Waals surface area contributed by atoms with Gasteiger partial charge in [0.05, 0.1) is 23.7 Å². The molecule has 0 saturated heterocycles. The number of amides is 3. The van der Waals surface area contributed by atoms with Gasteiger partial charge in [0.25, 0.3) is 11.8 Å². The summed E-state index contributed by atoms with van der Waals surface area (Å²) in [6.45, 7) is 4.82. The Morgan fingerprint density at radius 1 is 1.14 bits per heavy atom. The van der Waals surface area contributed by atoms with Gasteiger partial charge in [0, 0.05) is 35.3 Å². The Labute approximate surface area is 221 Å². The topological polar surface area (TPSA) is 101 Å². The van der Waals surface area contributed by atoms with Crippen LogP contribution in [0.25, 0.3) is 10.9 Å². The summed E-state index contributed by atoms with van der Waals surface area (Å²) in [5.41, 5.74) is 1.64. The molecule has 0 bridgehead atoms. The highest BCUT2D eigenvalue weighted by Crippen LogP contribution is 2.24. The van der Waals surface area contributed by atoms with E-state index in [0.29, 0.717) is 47.8 Å². The zero-order valence-electron chi connectivity index (χ0n) is 21.0. The van der Waals surface area contributed by atoms with E-state index in [2.05, 4.69) is 15.6 Å². The molecule has 4 rings (SSSR count). The summed E-state index contributed by atoms with van der Waals surface area (Å²) in [4.78, 5) is 45.2. The minimum Gasteiger partial charge on any atom is -0.491 e. The quantitative estimate of drug-likeness (QED) is 0.528. The molecule has 1 aliphatic heterocycles. The van der Waals surface area contributed by atoms with Crippen LogP contribution in [-0.2, 0) is 4.79 Å². The van der Waals surface area contributed by atoms with Crippen molar-refractivity contribution in [3.05, 3.63) is 70.9 Å². The lowest BCUT2D eigenvalue weighted by molar-refractivity contribution is -0.123. The molecular formula is C28H31ClN4O4. The van der Waals surface area contributed by atoms with E-state index >= 15 is 0 Å². The van der Waals surface area contributed by atoms with Gasteiger partial charge < -0.3 is 20.3 Å². The van der Waals surface area contributed by atoms with Gasteiger partial charge in [-0.15, -0.1) is 0 Å². The first-order chi connectivity index (χ1) is 17.8. The van der Waals surface area contributed by atoms with E-state index in [1.54, 1.807) is 41.4 Å². The minimum absolute atomic E-state index is 0.0568. The van der Waals surface area contributed by atoms with Gasteiger partial charge in [-0.25, -0.2) is 0 Å². The number of rotatable bonds is 2. The number of fused-ring (bicyclic) bond motifs is 2. The van der Waals surface area contributed by atoms with Gasteiger partial charge in [-0.1, -0.05) is 31.5 Å². The molecule has 2 aromatic carbocycles. The van der Waals surface area contributed by atoms with E-state index < -0.39 is 0 Å². The number of halogens is 1. The smallest absolute Gasteiger partial charge is 0.255 e. The van der Waals surface area contributed by atoms with Crippen molar-refractivity contribution in [2.45, 2.75) is 32.7 Å². The molecule has 1 aromatic heterocycles. The molecule has 0 aliphatic carbocycles. The van der Waals surface area contributed by atoms with E-state index in [1.165, 1.54) is 0 Å². The number of nitrogens with one attached hydrogen (secondary N) is 2. The number of pyridine rings is 1. The average Bonchev–Trinajstić information content (AvgIpc) is 2.89. The predicted molar refractivity (Wildman–Crippen MR) is 143 cm³/mol. The number of carbonyl (C=O) groups is 3. The van der Waals surface area contributed by atoms with Gasteiger partial charge in [-0.2, -0.15) is 0 Å². The van der Waals surface area contributed by atoms with Crippen molar-refractivity contribution in [2.75, 3.05) is 26.2 Å². The predicted octanol–water partition coefficient (Wildman–Crippen LogP) is 4.07. The second kappa shape index (κ2) is 12.1. The van der Waals surface area contributed by atoms with Crippen LogP contribution in [-0.4, -0.2) is 59.9 Å². The lowest BCUT2D eigenvalue weighted by Crippen LogP contribution is -2.48. The maximum atomic E-state index is 13.5. The number of nitrogens with zero attached hydrogens (tertiary/aromatic N) is 2. The molecule has 1 atom stereocenters. The highest BCUT2D eigenvalue weighted by molar-refractivity contribution is 6.31. The molecule has 0 saturated carbocycles. The SMILES string of the molecule is CC(C)[C@H]1COc2ccc(Cl)cc2C(=O)NCCCCN(C(=O)c2ccc3ncccc3c2)CC(=O)N1. The highest BCUT2D eigenvalue weighted by Gasteiger charge is 2.24. The zero-order chi connectivity index (χ0) is 26.4. The average molecular weight is 523 g/mol. The number of ether oxygens (including phenoxy) is 1. The van der Waals surface area contributed by atoms with Crippen LogP contribution < -0.4 is 15.4 Å². The van der Waals surface area contributed by atoms with Crippen LogP contribution >= 0.6 is 11.6 Å². The van der Waals surface area contributed by atoms with Gasteiger partial charge in [0.1, 0.15) is 12.4 Å². The van der Waals surface area contributed by atoms with Crippen LogP contribution in [0.4, 0.5) is 0 Å². The Kier molecular flexibility index (Phi) is 8.61. The molecule has 1 aliphatic rings. The fourth-order valence-corrected chi connectivity index (χ4v) is 4.35. The van der Waals surface area contributed by atoms with Crippen molar-refractivity contribution >= 4 is 40.2 Å². The summed E-state index contributed by atoms with van der Waals surface area (Å²) >= 11 is 6.13. The zero-order valence-corrected chi connectivity index (χ0v) is 21.8. The maximum absolute atomic E-state index is 13.5. The van der Waals surface area contributed by atoms with Crippen molar-refractivity contribution in [1.82, 2.24) is 20.5 Å². The van der Waals surface area contributed by atoms with Crippen LogP contribution in [0.1, 0.15) is 47.4 Å². The molecule has 0 radical (unpaired) electrons. The number of benzene rings is 2. The van der Waals surface area contributed by atoms with Crippen molar-refractivity contribution in [1.29, 1.82) is 0 Å². The first kappa shape index (κ1) is 26.4. The van der Waals surface area contributed by atoms with Gasteiger partial charge in [0.2, 0.25) is 5.91 Å². The second-order valence-corrected chi connectivity index (χ2v) is 9.91. The van der Waals surface area contributed by atoms with Crippen molar-refractivity contribution in [3.63, 3.8) is 0 Å². The van der Waals surface area contributed by atoms with Crippen molar-refractivity contribution < 1.29 is 19.1 Å². The Hall–Kier alpha value is -3.65. The number of aromatic nitrogens is 1. The number of carbonyl (C=O) groups excluding carboxylic acids is 3. The molecule has 0 fully saturated rings. The third kappa shape index (κ3) is 6.77. The van der Waals surface area contributed by atoms with Crippen LogP contribution in [0.5, 0.6) is 5.75 Å². The third-order valence-corrected chi connectivity index (χ3v) is 6.60. The lowest BCUT2D eigenvalue weighted by Gasteiger charge is -2.26. The molecule has 3 amide bonds. The Morgan fingerprint density at radius 2 is 1.97 bits per heavy atom. The van der Waals surface area contributed by atoms with Crippen molar-refractivity contribution in [2.24, 2.45) is 5.92 Å². The molecule has 194 valence electrons. The van der Waals surface area contributed by atoms with E-state index in [1.807, 2.05) is 32.0 Å². The Bertz CT molecular complexity index is 1300. The summed E-state index contributed by atoms with van der Waals surface area (Å²) in [6, 6.07) is 13.6. The molecule has 0 unspecified atom stereocenters. The van der Waals surface area contributed by atoms with Gasteiger partial charge in [-0.05, 0) is 61.2 Å². The maximum Gasteiger partial charge on any atom is 0.255 e. The third-order valence-electron chi connectivity index (χ3n) is 6.37. The Balaban J connectivity index is 1.56. The highest BCUT2D eigenvalue weighted by atomic mass is 35.5. The van der Waals surface area contributed by atoms with Crippen molar-refractivity contribution in [3.8, 4) is 5.75 Å². The minimum atomic E-state index is -0.326. The monoisotopic (exact) mass is 522 g/mol. The first-order valence-electron chi connectivity index (χ1n) is 12.5. The molecule has 9 heteroatoms. The summed E-state index contributed by atoms with van der Waals surface area (Å²) in [6.07, 6.45) is 2.95.